The molecule has 1 N–H and O–H groups in total. The molecule has 5 heteroatoms. The zero-order valence-corrected chi connectivity index (χ0v) is 12.5. The second-order valence-electron chi connectivity index (χ2n) is 6.09. The lowest BCUT2D eigenvalue weighted by atomic mass is 10.0. The average Bonchev–Trinajstić information content (AvgIpc) is 3.08. The fraction of sp³-hybridized carbons (Fsp3) is 0.600. The number of nitrogens with one attached hydrogen (secondary N) is 1. The first-order valence-corrected chi connectivity index (χ1v) is 7.42. The summed E-state index contributed by atoms with van der Waals surface area (Å²) in [7, 11) is 2.18. The topological polar surface area (TPSA) is 49.7 Å². The van der Waals surface area contributed by atoms with Crippen molar-refractivity contribution in [2.24, 2.45) is 0 Å². The summed E-state index contributed by atoms with van der Waals surface area (Å²) in [4.78, 5) is 2.38. The molecule has 0 aromatic carbocycles. The van der Waals surface area contributed by atoms with E-state index in [9.17, 15) is 0 Å². The van der Waals surface area contributed by atoms with Gasteiger partial charge in [0.25, 0.3) is 0 Å². The number of aromatic nitrogens is 4. The molecule has 1 aliphatic rings. The molecular formula is C15H23N5. The Labute approximate surface area is 120 Å². The van der Waals surface area contributed by atoms with Crippen LogP contribution in [-0.2, 0) is 0 Å². The summed E-state index contributed by atoms with van der Waals surface area (Å²) >= 11 is 0. The second kappa shape index (κ2) is 5.40. The largest absolute Gasteiger partial charge is 0.306 e. The number of piperidine rings is 1. The van der Waals surface area contributed by atoms with E-state index >= 15 is 0 Å². The minimum Gasteiger partial charge on any atom is -0.306 e. The quantitative estimate of drug-likeness (QED) is 0.935. The molecule has 0 saturated carbocycles. The number of hydrogen-bond acceptors (Lipinski definition) is 3. The molecule has 1 aliphatic heterocycles. The Morgan fingerprint density at radius 1 is 1.30 bits per heavy atom. The summed E-state index contributed by atoms with van der Waals surface area (Å²) in [5, 5.41) is 11.9. The predicted molar refractivity (Wildman–Crippen MR) is 79.7 cm³/mol. The van der Waals surface area contributed by atoms with Gasteiger partial charge in [-0.05, 0) is 38.9 Å². The van der Waals surface area contributed by atoms with Crippen LogP contribution in [-0.4, -0.2) is 45.0 Å². The molecule has 0 amide bonds. The Kier molecular flexibility index (Phi) is 3.61. The minimum atomic E-state index is 0.468. The van der Waals surface area contributed by atoms with Gasteiger partial charge in [-0.3, -0.25) is 9.78 Å². The lowest BCUT2D eigenvalue weighted by Gasteiger charge is -2.28. The van der Waals surface area contributed by atoms with Crippen molar-refractivity contribution in [2.75, 3.05) is 20.1 Å². The molecule has 20 heavy (non-hydrogen) atoms. The minimum absolute atomic E-state index is 0.468. The van der Waals surface area contributed by atoms with Gasteiger partial charge in [-0.2, -0.15) is 10.2 Å². The third-order valence-electron chi connectivity index (χ3n) is 4.23. The molecule has 0 unspecified atom stereocenters. The first kappa shape index (κ1) is 13.4. The van der Waals surface area contributed by atoms with E-state index in [0.717, 1.165) is 24.3 Å². The lowest BCUT2D eigenvalue weighted by Crippen LogP contribution is -2.31. The molecule has 3 heterocycles. The SMILES string of the molecule is CC(C)c1c[nH]nc1-c1cnn(C2CCN(C)CC2)c1. The normalized spacial score (nSPS) is 18.0. The van der Waals surface area contributed by atoms with Gasteiger partial charge in [0.2, 0.25) is 0 Å². The maximum Gasteiger partial charge on any atom is 0.0986 e. The number of likely N-dealkylation sites (tertiary alicyclic amines) is 1. The predicted octanol–water partition coefficient (Wildman–Crippen LogP) is 2.66. The molecule has 0 bridgehead atoms. The Morgan fingerprint density at radius 2 is 2.05 bits per heavy atom. The second-order valence-corrected chi connectivity index (χ2v) is 6.09. The first-order chi connectivity index (χ1) is 9.65. The van der Waals surface area contributed by atoms with E-state index in [1.165, 1.54) is 18.4 Å². The Balaban J connectivity index is 1.81. The summed E-state index contributed by atoms with van der Waals surface area (Å²) in [5.74, 6) is 0.468. The maximum absolute atomic E-state index is 4.57. The van der Waals surface area contributed by atoms with Crippen molar-refractivity contribution in [3.63, 3.8) is 0 Å². The van der Waals surface area contributed by atoms with Gasteiger partial charge in [0.15, 0.2) is 0 Å². The van der Waals surface area contributed by atoms with Crippen LogP contribution in [0, 0.1) is 0 Å². The third kappa shape index (κ3) is 2.50. The highest BCUT2D eigenvalue weighted by molar-refractivity contribution is 5.61. The van der Waals surface area contributed by atoms with Crippen molar-refractivity contribution in [1.29, 1.82) is 0 Å². The molecule has 0 atom stereocenters. The van der Waals surface area contributed by atoms with Crippen molar-refractivity contribution in [3.05, 3.63) is 24.2 Å². The molecular weight excluding hydrogens is 250 g/mol. The molecule has 3 rings (SSSR count). The van der Waals surface area contributed by atoms with Gasteiger partial charge in [0.1, 0.15) is 0 Å². The van der Waals surface area contributed by atoms with Gasteiger partial charge in [0, 0.05) is 23.5 Å². The van der Waals surface area contributed by atoms with E-state index in [1.807, 2.05) is 12.4 Å². The molecule has 1 fully saturated rings. The fourth-order valence-corrected chi connectivity index (χ4v) is 2.89. The van der Waals surface area contributed by atoms with Crippen LogP contribution >= 0.6 is 0 Å². The molecule has 0 spiro atoms. The molecule has 0 aliphatic carbocycles. The first-order valence-electron chi connectivity index (χ1n) is 7.42. The fourth-order valence-electron chi connectivity index (χ4n) is 2.89. The van der Waals surface area contributed by atoms with E-state index < -0.39 is 0 Å². The summed E-state index contributed by atoms with van der Waals surface area (Å²) in [6, 6.07) is 0.529. The molecule has 1 saturated heterocycles. The van der Waals surface area contributed by atoms with Crippen molar-refractivity contribution in [1.82, 2.24) is 24.9 Å². The summed E-state index contributed by atoms with van der Waals surface area (Å²) < 4.78 is 2.13. The van der Waals surface area contributed by atoms with Gasteiger partial charge >= 0.3 is 0 Å². The number of nitrogens with zero attached hydrogens (tertiary/aromatic N) is 4. The van der Waals surface area contributed by atoms with E-state index in [-0.39, 0.29) is 0 Å². The number of rotatable bonds is 3. The van der Waals surface area contributed by atoms with Crippen LogP contribution in [0.3, 0.4) is 0 Å². The van der Waals surface area contributed by atoms with Gasteiger partial charge < -0.3 is 4.90 Å². The van der Waals surface area contributed by atoms with Crippen LogP contribution in [0.4, 0.5) is 0 Å². The average molecular weight is 273 g/mol. The lowest BCUT2D eigenvalue weighted by molar-refractivity contribution is 0.212. The van der Waals surface area contributed by atoms with Gasteiger partial charge in [-0.25, -0.2) is 0 Å². The van der Waals surface area contributed by atoms with Crippen molar-refractivity contribution in [2.45, 2.75) is 38.6 Å². The summed E-state index contributed by atoms with van der Waals surface area (Å²) in [6.45, 7) is 6.69. The summed E-state index contributed by atoms with van der Waals surface area (Å²) in [5.41, 5.74) is 3.42. The van der Waals surface area contributed by atoms with Crippen molar-refractivity contribution < 1.29 is 0 Å². The highest BCUT2D eigenvalue weighted by Crippen LogP contribution is 2.28. The van der Waals surface area contributed by atoms with E-state index in [2.05, 4.69) is 52.0 Å². The standard InChI is InChI=1S/C15H23N5/c1-11(2)14-9-16-18-15(14)12-8-17-20(10-12)13-4-6-19(3)7-5-13/h8-11,13H,4-7H2,1-3H3,(H,16,18). The molecule has 2 aromatic rings. The Hall–Kier alpha value is -1.62. The van der Waals surface area contributed by atoms with Crippen LogP contribution in [0.5, 0.6) is 0 Å². The van der Waals surface area contributed by atoms with Crippen LogP contribution in [0.2, 0.25) is 0 Å². The highest BCUT2D eigenvalue weighted by atomic mass is 15.3. The Morgan fingerprint density at radius 3 is 2.75 bits per heavy atom. The van der Waals surface area contributed by atoms with E-state index in [0.29, 0.717) is 12.0 Å². The summed E-state index contributed by atoms with van der Waals surface area (Å²) in [6.07, 6.45) is 8.44. The van der Waals surface area contributed by atoms with Gasteiger partial charge in [-0.15, -0.1) is 0 Å². The van der Waals surface area contributed by atoms with Gasteiger partial charge in [-0.1, -0.05) is 13.8 Å². The monoisotopic (exact) mass is 273 g/mol. The maximum atomic E-state index is 4.57. The van der Waals surface area contributed by atoms with E-state index in [4.69, 9.17) is 0 Å². The van der Waals surface area contributed by atoms with E-state index in [1.54, 1.807) is 0 Å². The smallest absolute Gasteiger partial charge is 0.0986 e. The van der Waals surface area contributed by atoms with Crippen LogP contribution in [0.25, 0.3) is 11.3 Å². The zero-order chi connectivity index (χ0) is 14.1. The zero-order valence-electron chi connectivity index (χ0n) is 12.5. The third-order valence-corrected chi connectivity index (χ3v) is 4.23. The van der Waals surface area contributed by atoms with Crippen LogP contribution in [0.15, 0.2) is 18.6 Å². The number of H-pyrrole nitrogens is 1. The van der Waals surface area contributed by atoms with Crippen molar-refractivity contribution >= 4 is 0 Å². The highest BCUT2D eigenvalue weighted by Gasteiger charge is 2.20. The molecule has 2 aromatic heterocycles. The van der Waals surface area contributed by atoms with Crippen molar-refractivity contribution in [3.8, 4) is 11.3 Å². The molecule has 5 nitrogen and oxygen atoms in total. The molecule has 108 valence electrons. The van der Waals surface area contributed by atoms with Gasteiger partial charge in [0.05, 0.1) is 17.9 Å². The molecule has 0 radical (unpaired) electrons. The number of aromatic amines is 1. The van der Waals surface area contributed by atoms with Crippen LogP contribution in [0.1, 0.15) is 44.2 Å². The van der Waals surface area contributed by atoms with Crippen LogP contribution < -0.4 is 0 Å². The Bertz CT molecular complexity index is 560. The number of hydrogen-bond donors (Lipinski definition) is 1.